The molecule has 1 saturated carbocycles. The van der Waals surface area contributed by atoms with Crippen molar-refractivity contribution in [1.29, 1.82) is 0 Å². The van der Waals surface area contributed by atoms with Crippen molar-refractivity contribution in [2.24, 2.45) is 17.6 Å². The van der Waals surface area contributed by atoms with Crippen LogP contribution in [0.25, 0.3) is 0 Å². The Labute approximate surface area is 112 Å². The molecule has 0 spiro atoms. The van der Waals surface area contributed by atoms with Crippen molar-refractivity contribution in [1.82, 2.24) is 4.90 Å². The molecule has 0 bridgehead atoms. The molecule has 0 aromatic heterocycles. The summed E-state index contributed by atoms with van der Waals surface area (Å²) in [6.45, 7) is 5.06. The van der Waals surface area contributed by atoms with Gasteiger partial charge in [-0.2, -0.15) is 0 Å². The first kappa shape index (κ1) is 16.7. The van der Waals surface area contributed by atoms with Crippen LogP contribution in [0.5, 0.6) is 0 Å². The van der Waals surface area contributed by atoms with Crippen LogP contribution in [-0.4, -0.2) is 30.4 Å². The second kappa shape index (κ2) is 7.93. The molecular weight excluding hydrogens is 236 g/mol. The maximum absolute atomic E-state index is 12.0. The van der Waals surface area contributed by atoms with Crippen LogP contribution in [-0.2, 0) is 4.79 Å². The Morgan fingerprint density at radius 3 is 2.35 bits per heavy atom. The standard InChI is InChI=1S/C13H26N2O.ClH/c1-10(2)12(14)8-9-15(3)13(16)11-6-4-5-7-11;/h10-12H,4-9,14H2,1-3H3;1H. The van der Waals surface area contributed by atoms with Gasteiger partial charge in [0, 0.05) is 25.6 Å². The fourth-order valence-corrected chi connectivity index (χ4v) is 2.27. The van der Waals surface area contributed by atoms with Gasteiger partial charge in [-0.15, -0.1) is 12.4 Å². The van der Waals surface area contributed by atoms with E-state index in [0.717, 1.165) is 25.8 Å². The lowest BCUT2D eigenvalue weighted by Crippen LogP contribution is -2.37. The number of amides is 1. The highest BCUT2D eigenvalue weighted by molar-refractivity contribution is 5.85. The Hall–Kier alpha value is -0.280. The molecule has 4 heteroatoms. The quantitative estimate of drug-likeness (QED) is 0.827. The zero-order valence-corrected chi connectivity index (χ0v) is 12.1. The van der Waals surface area contributed by atoms with Gasteiger partial charge in [0.25, 0.3) is 0 Å². The Morgan fingerprint density at radius 1 is 1.35 bits per heavy atom. The SMILES string of the molecule is CC(C)C(N)CCN(C)C(=O)C1CCCC1.Cl. The zero-order valence-electron chi connectivity index (χ0n) is 11.3. The number of carbonyl (C=O) groups excluding carboxylic acids is 1. The molecule has 1 aliphatic rings. The molecule has 0 radical (unpaired) electrons. The monoisotopic (exact) mass is 262 g/mol. The fraction of sp³-hybridized carbons (Fsp3) is 0.923. The van der Waals surface area contributed by atoms with Gasteiger partial charge < -0.3 is 10.6 Å². The summed E-state index contributed by atoms with van der Waals surface area (Å²) in [4.78, 5) is 13.9. The van der Waals surface area contributed by atoms with Gasteiger partial charge in [0.05, 0.1) is 0 Å². The molecule has 0 aromatic carbocycles. The summed E-state index contributed by atoms with van der Waals surface area (Å²) in [5.74, 6) is 1.11. The lowest BCUT2D eigenvalue weighted by atomic mass is 10.0. The van der Waals surface area contributed by atoms with Crippen LogP contribution >= 0.6 is 12.4 Å². The molecule has 1 amide bonds. The highest BCUT2D eigenvalue weighted by Crippen LogP contribution is 2.26. The summed E-state index contributed by atoms with van der Waals surface area (Å²) in [7, 11) is 1.91. The summed E-state index contributed by atoms with van der Waals surface area (Å²) in [5.41, 5.74) is 5.98. The molecule has 3 nitrogen and oxygen atoms in total. The van der Waals surface area contributed by atoms with Crippen molar-refractivity contribution in [3.8, 4) is 0 Å². The van der Waals surface area contributed by atoms with Crippen molar-refractivity contribution in [2.75, 3.05) is 13.6 Å². The molecule has 2 N–H and O–H groups in total. The maximum Gasteiger partial charge on any atom is 0.225 e. The fourth-order valence-electron chi connectivity index (χ4n) is 2.27. The van der Waals surface area contributed by atoms with Crippen LogP contribution in [0.2, 0.25) is 0 Å². The van der Waals surface area contributed by atoms with E-state index in [4.69, 9.17) is 5.73 Å². The smallest absolute Gasteiger partial charge is 0.225 e. The number of nitrogens with two attached hydrogens (primary N) is 1. The maximum atomic E-state index is 12.0. The molecule has 0 aromatic rings. The molecular formula is C13H27ClN2O. The third-order valence-corrected chi connectivity index (χ3v) is 3.73. The molecule has 1 atom stereocenters. The average molecular weight is 263 g/mol. The van der Waals surface area contributed by atoms with E-state index in [1.807, 2.05) is 11.9 Å². The normalized spacial score (nSPS) is 17.9. The van der Waals surface area contributed by atoms with Gasteiger partial charge in [-0.05, 0) is 25.2 Å². The minimum Gasteiger partial charge on any atom is -0.345 e. The third-order valence-electron chi connectivity index (χ3n) is 3.73. The minimum atomic E-state index is 0. The minimum absolute atomic E-state index is 0. The van der Waals surface area contributed by atoms with Gasteiger partial charge in [0.1, 0.15) is 0 Å². The third kappa shape index (κ3) is 5.26. The van der Waals surface area contributed by atoms with Crippen LogP contribution < -0.4 is 5.73 Å². The van der Waals surface area contributed by atoms with Crippen molar-refractivity contribution in [2.45, 2.75) is 52.0 Å². The average Bonchev–Trinajstić information content (AvgIpc) is 2.77. The van der Waals surface area contributed by atoms with E-state index >= 15 is 0 Å². The summed E-state index contributed by atoms with van der Waals surface area (Å²) in [5, 5.41) is 0. The topological polar surface area (TPSA) is 46.3 Å². The van der Waals surface area contributed by atoms with Gasteiger partial charge in [0.2, 0.25) is 5.91 Å². The van der Waals surface area contributed by atoms with Crippen LogP contribution in [0.4, 0.5) is 0 Å². The second-order valence-electron chi connectivity index (χ2n) is 5.44. The van der Waals surface area contributed by atoms with E-state index in [1.54, 1.807) is 0 Å². The first-order chi connectivity index (χ1) is 7.52. The van der Waals surface area contributed by atoms with E-state index in [-0.39, 0.29) is 18.4 Å². The predicted octanol–water partition coefficient (Wildman–Crippen LogP) is 2.43. The van der Waals surface area contributed by atoms with Gasteiger partial charge in [-0.25, -0.2) is 0 Å². The molecule has 1 fully saturated rings. The molecule has 1 rings (SSSR count). The van der Waals surface area contributed by atoms with Crippen LogP contribution in [0.3, 0.4) is 0 Å². The molecule has 1 unspecified atom stereocenters. The summed E-state index contributed by atoms with van der Waals surface area (Å²) < 4.78 is 0. The largest absolute Gasteiger partial charge is 0.345 e. The van der Waals surface area contributed by atoms with E-state index < -0.39 is 0 Å². The highest BCUT2D eigenvalue weighted by Gasteiger charge is 2.25. The van der Waals surface area contributed by atoms with Crippen LogP contribution in [0.1, 0.15) is 46.0 Å². The van der Waals surface area contributed by atoms with Crippen molar-refractivity contribution < 1.29 is 4.79 Å². The lowest BCUT2D eigenvalue weighted by Gasteiger charge is -2.23. The summed E-state index contributed by atoms with van der Waals surface area (Å²) in [6.07, 6.45) is 5.51. The van der Waals surface area contributed by atoms with E-state index in [2.05, 4.69) is 13.8 Å². The lowest BCUT2D eigenvalue weighted by molar-refractivity contribution is -0.134. The van der Waals surface area contributed by atoms with Crippen molar-refractivity contribution in [3.63, 3.8) is 0 Å². The molecule has 0 heterocycles. The first-order valence-corrected chi connectivity index (χ1v) is 6.53. The summed E-state index contributed by atoms with van der Waals surface area (Å²) in [6, 6.07) is 0.207. The highest BCUT2D eigenvalue weighted by atomic mass is 35.5. The predicted molar refractivity (Wildman–Crippen MR) is 74.3 cm³/mol. The number of halogens is 1. The van der Waals surface area contributed by atoms with Gasteiger partial charge in [-0.1, -0.05) is 26.7 Å². The Kier molecular flexibility index (Phi) is 7.80. The number of rotatable bonds is 5. The molecule has 0 saturated heterocycles. The van der Waals surface area contributed by atoms with Gasteiger partial charge in [0.15, 0.2) is 0 Å². The van der Waals surface area contributed by atoms with Crippen molar-refractivity contribution >= 4 is 18.3 Å². The Morgan fingerprint density at radius 2 is 1.88 bits per heavy atom. The van der Waals surface area contributed by atoms with Gasteiger partial charge >= 0.3 is 0 Å². The number of hydrogen-bond acceptors (Lipinski definition) is 2. The molecule has 102 valence electrons. The first-order valence-electron chi connectivity index (χ1n) is 6.53. The van der Waals surface area contributed by atoms with Crippen LogP contribution in [0.15, 0.2) is 0 Å². The Bertz CT molecular complexity index is 227. The zero-order chi connectivity index (χ0) is 12.1. The number of hydrogen-bond donors (Lipinski definition) is 1. The van der Waals surface area contributed by atoms with Gasteiger partial charge in [-0.3, -0.25) is 4.79 Å². The van der Waals surface area contributed by atoms with E-state index in [0.29, 0.717) is 17.7 Å². The second-order valence-corrected chi connectivity index (χ2v) is 5.44. The molecule has 0 aliphatic heterocycles. The van der Waals surface area contributed by atoms with Crippen molar-refractivity contribution in [3.05, 3.63) is 0 Å². The molecule has 17 heavy (non-hydrogen) atoms. The van der Waals surface area contributed by atoms with E-state index in [9.17, 15) is 4.79 Å². The Balaban J connectivity index is 0.00000256. The van der Waals surface area contributed by atoms with E-state index in [1.165, 1.54) is 12.8 Å². The van der Waals surface area contributed by atoms with Crippen LogP contribution in [0, 0.1) is 11.8 Å². The summed E-state index contributed by atoms with van der Waals surface area (Å²) >= 11 is 0. The number of carbonyl (C=O) groups is 1. The number of nitrogens with zero attached hydrogens (tertiary/aromatic N) is 1. The molecule has 1 aliphatic carbocycles.